The summed E-state index contributed by atoms with van der Waals surface area (Å²) < 4.78 is 5.41. The van der Waals surface area contributed by atoms with Crippen molar-refractivity contribution in [3.05, 3.63) is 110 Å². The molecule has 5 aliphatic rings. The van der Waals surface area contributed by atoms with Crippen LogP contribution in [-0.2, 0) is 14.3 Å². The topological polar surface area (TPSA) is 49.9 Å². The molecule has 3 aromatic rings. The van der Waals surface area contributed by atoms with Gasteiger partial charge in [-0.2, -0.15) is 0 Å². The summed E-state index contributed by atoms with van der Waals surface area (Å²) in [6.45, 7) is 16.9. The highest BCUT2D eigenvalue weighted by Gasteiger charge is 2.49. The quantitative estimate of drug-likeness (QED) is 0.0865. The summed E-state index contributed by atoms with van der Waals surface area (Å²) in [5.74, 6) is 1.34. The number of cyclic esters (lactones) is 2. The van der Waals surface area contributed by atoms with E-state index in [0.29, 0.717) is 23.0 Å². The van der Waals surface area contributed by atoms with Crippen LogP contribution < -0.4 is 9.80 Å². The van der Waals surface area contributed by atoms with Gasteiger partial charge >= 0.3 is 11.9 Å². The normalized spacial score (nSPS) is 23.2. The van der Waals surface area contributed by atoms with Gasteiger partial charge in [-0.25, -0.2) is 9.59 Å². The molecule has 0 amide bonds. The summed E-state index contributed by atoms with van der Waals surface area (Å²) >= 11 is 0. The van der Waals surface area contributed by atoms with Crippen molar-refractivity contribution in [2.45, 2.75) is 73.6 Å². The molecule has 5 fully saturated rings. The van der Waals surface area contributed by atoms with Crippen LogP contribution in [0.4, 0.5) is 11.4 Å². The van der Waals surface area contributed by atoms with Crippen LogP contribution in [0.5, 0.6) is 0 Å². The summed E-state index contributed by atoms with van der Waals surface area (Å²) in [4.78, 5) is 31.7. The third-order valence-electron chi connectivity index (χ3n) is 12.4. The first kappa shape index (κ1) is 35.7. The predicted octanol–water partition coefficient (Wildman–Crippen LogP) is 10.6. The molecule has 270 valence electrons. The number of esters is 2. The first-order valence-electron chi connectivity index (χ1n) is 19.6. The fourth-order valence-corrected chi connectivity index (χ4v) is 9.73. The molecule has 1 saturated heterocycles. The standard InChI is InChI=1S/C47H54N2O3/c1-7-48(8-2)40-19-13-32(14-20-40)11-17-36-28-37(18-12-33-15-21-41(22-16-33)49(9-3)10-4)31(6)42(30(36)5)29-43-45(47(51)52-46(43)50)44-38-24-34-23-35(26-38)27-39(44)25-34/h11-22,28-29,34-35,38-39H,7-10,23-27H2,1-6H3/b17-11+,18-12+,43-29+,45-44?. The molecule has 4 aliphatic carbocycles. The third kappa shape index (κ3) is 6.95. The van der Waals surface area contributed by atoms with Gasteiger partial charge in [0.05, 0.1) is 11.1 Å². The molecule has 1 heterocycles. The van der Waals surface area contributed by atoms with Crippen molar-refractivity contribution in [1.29, 1.82) is 0 Å². The number of hydrogen-bond donors (Lipinski definition) is 0. The van der Waals surface area contributed by atoms with Crippen LogP contribution in [0, 0.1) is 37.5 Å². The van der Waals surface area contributed by atoms with Crippen molar-refractivity contribution in [1.82, 2.24) is 0 Å². The fraction of sp³-hybridized carbons (Fsp3) is 0.404. The molecule has 0 radical (unpaired) electrons. The number of anilines is 2. The lowest BCUT2D eigenvalue weighted by Gasteiger charge is -2.51. The zero-order valence-corrected chi connectivity index (χ0v) is 31.9. The molecular formula is C47H54N2O3. The summed E-state index contributed by atoms with van der Waals surface area (Å²) in [6, 6.07) is 19.7. The molecule has 0 N–H and O–H groups in total. The summed E-state index contributed by atoms with van der Waals surface area (Å²) in [5.41, 5.74) is 12.2. The van der Waals surface area contributed by atoms with E-state index in [-0.39, 0.29) is 0 Å². The van der Waals surface area contributed by atoms with Crippen LogP contribution in [-0.4, -0.2) is 38.1 Å². The van der Waals surface area contributed by atoms with Crippen LogP contribution in [0.2, 0.25) is 0 Å². The maximum atomic E-state index is 13.5. The molecule has 52 heavy (non-hydrogen) atoms. The average molecular weight is 695 g/mol. The molecule has 4 bridgehead atoms. The second-order valence-electron chi connectivity index (χ2n) is 15.3. The van der Waals surface area contributed by atoms with Crippen LogP contribution >= 0.6 is 0 Å². The van der Waals surface area contributed by atoms with Crippen molar-refractivity contribution in [3.63, 3.8) is 0 Å². The minimum atomic E-state index is -0.514. The summed E-state index contributed by atoms with van der Waals surface area (Å²) in [7, 11) is 0. The van der Waals surface area contributed by atoms with Gasteiger partial charge in [-0.1, -0.05) is 48.6 Å². The van der Waals surface area contributed by atoms with Gasteiger partial charge in [0.15, 0.2) is 0 Å². The molecule has 5 nitrogen and oxygen atoms in total. The highest BCUT2D eigenvalue weighted by molar-refractivity contribution is 6.21. The third-order valence-corrected chi connectivity index (χ3v) is 12.4. The number of rotatable bonds is 11. The van der Waals surface area contributed by atoms with Crippen LogP contribution in [0.1, 0.15) is 98.7 Å². The number of nitrogens with zero attached hydrogens (tertiary/aromatic N) is 2. The Balaban J connectivity index is 1.30. The van der Waals surface area contributed by atoms with Gasteiger partial charge in [0, 0.05) is 37.6 Å². The van der Waals surface area contributed by atoms with Gasteiger partial charge < -0.3 is 14.5 Å². The Kier molecular flexibility index (Phi) is 10.4. The van der Waals surface area contributed by atoms with Gasteiger partial charge in [0.25, 0.3) is 0 Å². The molecule has 0 aromatic heterocycles. The zero-order chi connectivity index (χ0) is 36.5. The SMILES string of the molecule is CCN(CC)c1ccc(/C=C/c2cc(/C=C/c3ccc(N(CC)CC)cc3)c(C)c(/C=C3/C(=O)OC(=O)C3=C3C4CC5CC(C4)CC3C5)c2C)cc1. The Labute approximate surface area is 310 Å². The molecule has 5 heteroatoms. The molecule has 0 unspecified atom stereocenters. The zero-order valence-electron chi connectivity index (χ0n) is 31.9. The number of benzene rings is 3. The first-order valence-corrected chi connectivity index (χ1v) is 19.6. The number of hydrogen-bond acceptors (Lipinski definition) is 5. The molecule has 0 atom stereocenters. The molecule has 1 aliphatic heterocycles. The molecule has 0 spiro atoms. The monoisotopic (exact) mass is 694 g/mol. The van der Waals surface area contributed by atoms with E-state index in [4.69, 9.17) is 4.74 Å². The van der Waals surface area contributed by atoms with Gasteiger partial charge in [-0.15, -0.1) is 0 Å². The number of ether oxygens (including phenoxy) is 1. The minimum absolute atomic E-state index is 0.393. The van der Waals surface area contributed by atoms with Crippen LogP contribution in [0.25, 0.3) is 30.4 Å². The lowest BCUT2D eigenvalue weighted by atomic mass is 9.53. The fourth-order valence-electron chi connectivity index (χ4n) is 9.73. The van der Waals surface area contributed by atoms with E-state index in [0.717, 1.165) is 103 Å². The Morgan fingerprint density at radius 1 is 0.615 bits per heavy atom. The Hall–Kier alpha value is -4.64. The maximum Gasteiger partial charge on any atom is 0.346 e. The van der Waals surface area contributed by atoms with Crippen molar-refractivity contribution in [2.75, 3.05) is 36.0 Å². The van der Waals surface area contributed by atoms with E-state index in [1.807, 2.05) is 6.08 Å². The smallest absolute Gasteiger partial charge is 0.346 e. The second kappa shape index (κ2) is 15.1. The highest BCUT2D eigenvalue weighted by atomic mass is 16.6. The lowest BCUT2D eigenvalue weighted by Crippen LogP contribution is -2.41. The van der Waals surface area contributed by atoms with Gasteiger partial charge in [-0.3, -0.25) is 0 Å². The van der Waals surface area contributed by atoms with Gasteiger partial charge in [0.1, 0.15) is 0 Å². The number of carbonyl (C=O) groups is 2. The van der Waals surface area contributed by atoms with Gasteiger partial charge in [-0.05, 0) is 178 Å². The van der Waals surface area contributed by atoms with Crippen molar-refractivity contribution >= 4 is 53.7 Å². The Bertz CT molecular complexity index is 1830. The van der Waals surface area contributed by atoms with Crippen molar-refractivity contribution < 1.29 is 14.3 Å². The predicted molar refractivity (Wildman–Crippen MR) is 217 cm³/mol. The van der Waals surface area contributed by atoms with E-state index in [1.54, 1.807) is 0 Å². The number of allylic oxidation sites excluding steroid dienone is 1. The van der Waals surface area contributed by atoms with Crippen molar-refractivity contribution in [2.24, 2.45) is 23.7 Å². The molecule has 4 saturated carbocycles. The second-order valence-corrected chi connectivity index (χ2v) is 15.3. The maximum absolute atomic E-state index is 13.5. The first-order chi connectivity index (χ1) is 25.2. The Morgan fingerprint density at radius 2 is 1.06 bits per heavy atom. The van der Waals surface area contributed by atoms with Crippen LogP contribution in [0.15, 0.2) is 71.3 Å². The van der Waals surface area contributed by atoms with E-state index in [9.17, 15) is 9.59 Å². The minimum Gasteiger partial charge on any atom is -0.386 e. The van der Waals surface area contributed by atoms with Crippen molar-refractivity contribution in [3.8, 4) is 0 Å². The van der Waals surface area contributed by atoms with E-state index in [2.05, 4.69) is 130 Å². The highest BCUT2D eigenvalue weighted by Crippen LogP contribution is 2.58. The van der Waals surface area contributed by atoms with Gasteiger partial charge in [0.2, 0.25) is 0 Å². The molecular weight excluding hydrogens is 641 g/mol. The lowest BCUT2D eigenvalue weighted by molar-refractivity contribution is -0.149. The average Bonchev–Trinajstić information content (AvgIpc) is 3.42. The largest absolute Gasteiger partial charge is 0.386 e. The summed E-state index contributed by atoms with van der Waals surface area (Å²) in [5, 5.41) is 0. The van der Waals surface area contributed by atoms with E-state index < -0.39 is 11.9 Å². The Morgan fingerprint density at radius 3 is 1.48 bits per heavy atom. The van der Waals surface area contributed by atoms with E-state index in [1.165, 1.54) is 23.4 Å². The molecule has 3 aromatic carbocycles. The van der Waals surface area contributed by atoms with E-state index >= 15 is 0 Å². The number of carbonyl (C=O) groups excluding carboxylic acids is 2. The summed E-state index contributed by atoms with van der Waals surface area (Å²) in [6.07, 6.45) is 16.5. The molecule has 8 rings (SSSR count). The van der Waals surface area contributed by atoms with Crippen LogP contribution in [0.3, 0.4) is 0 Å².